The average Bonchev–Trinajstić information content (AvgIpc) is 2.01. The Morgan fingerprint density at radius 3 is 2.31 bits per heavy atom. The van der Waals surface area contributed by atoms with Gasteiger partial charge in [-0.3, -0.25) is 0 Å². The van der Waals surface area contributed by atoms with Gasteiger partial charge in [-0.25, -0.2) is 9.78 Å². The SMILES string of the molecule is Cc1nc(N)c(C)c(C(=O)O)c1C. The number of hydrogen-bond donors (Lipinski definition) is 2. The molecular formula is C9H12N2O2. The molecule has 1 aromatic rings. The van der Waals surface area contributed by atoms with Gasteiger partial charge in [0.15, 0.2) is 0 Å². The molecule has 1 rings (SSSR count). The fourth-order valence-electron chi connectivity index (χ4n) is 1.26. The van der Waals surface area contributed by atoms with Crippen LogP contribution < -0.4 is 5.73 Å². The van der Waals surface area contributed by atoms with Gasteiger partial charge in [-0.1, -0.05) is 0 Å². The first-order valence-corrected chi connectivity index (χ1v) is 3.91. The quantitative estimate of drug-likeness (QED) is 0.682. The van der Waals surface area contributed by atoms with Crippen LogP contribution in [0.2, 0.25) is 0 Å². The Kier molecular flexibility index (Phi) is 2.23. The normalized spacial score (nSPS) is 10.1. The number of carboxylic acid groups (broad SMARTS) is 1. The minimum atomic E-state index is -0.952. The van der Waals surface area contributed by atoms with E-state index in [-0.39, 0.29) is 5.56 Å². The molecule has 4 heteroatoms. The molecule has 0 spiro atoms. The summed E-state index contributed by atoms with van der Waals surface area (Å²) >= 11 is 0. The number of carbonyl (C=O) groups is 1. The summed E-state index contributed by atoms with van der Waals surface area (Å²) in [4.78, 5) is 14.9. The van der Waals surface area contributed by atoms with Gasteiger partial charge in [0.05, 0.1) is 5.56 Å². The number of nitrogens with zero attached hydrogens (tertiary/aromatic N) is 1. The Hall–Kier alpha value is -1.58. The largest absolute Gasteiger partial charge is 0.478 e. The maximum Gasteiger partial charge on any atom is 0.336 e. The molecule has 1 aromatic heterocycles. The molecule has 0 atom stereocenters. The number of carboxylic acids is 1. The highest BCUT2D eigenvalue weighted by Gasteiger charge is 2.15. The minimum absolute atomic E-state index is 0.269. The van der Waals surface area contributed by atoms with Gasteiger partial charge in [0.2, 0.25) is 0 Å². The molecule has 13 heavy (non-hydrogen) atoms. The standard InChI is InChI=1S/C9H12N2O2/c1-4-6(3)11-8(10)5(2)7(4)9(12)13/h1-3H3,(H2,10,11)(H,12,13). The maximum atomic E-state index is 10.9. The maximum absolute atomic E-state index is 10.9. The third-order valence-corrected chi connectivity index (χ3v) is 2.18. The molecule has 1 heterocycles. The summed E-state index contributed by atoms with van der Waals surface area (Å²) in [6, 6.07) is 0. The number of hydrogen-bond acceptors (Lipinski definition) is 3. The summed E-state index contributed by atoms with van der Waals surface area (Å²) in [5.41, 5.74) is 7.71. The summed E-state index contributed by atoms with van der Waals surface area (Å²) < 4.78 is 0. The number of anilines is 1. The van der Waals surface area contributed by atoms with Crippen molar-refractivity contribution in [3.63, 3.8) is 0 Å². The average molecular weight is 180 g/mol. The van der Waals surface area contributed by atoms with Crippen molar-refractivity contribution in [3.05, 3.63) is 22.4 Å². The van der Waals surface area contributed by atoms with Crippen LogP contribution in [0.5, 0.6) is 0 Å². The third-order valence-electron chi connectivity index (χ3n) is 2.18. The predicted octanol–water partition coefficient (Wildman–Crippen LogP) is 1.29. The lowest BCUT2D eigenvalue weighted by Crippen LogP contribution is -2.09. The number of nitrogens with two attached hydrogens (primary N) is 1. The van der Waals surface area contributed by atoms with Crippen molar-refractivity contribution >= 4 is 11.8 Å². The third kappa shape index (κ3) is 1.47. The first-order valence-electron chi connectivity index (χ1n) is 3.91. The van der Waals surface area contributed by atoms with Crippen LogP contribution in [0.1, 0.15) is 27.2 Å². The van der Waals surface area contributed by atoms with Crippen molar-refractivity contribution in [2.24, 2.45) is 0 Å². The van der Waals surface area contributed by atoms with Gasteiger partial charge < -0.3 is 10.8 Å². The van der Waals surface area contributed by atoms with Crippen LogP contribution in [0.4, 0.5) is 5.82 Å². The Morgan fingerprint density at radius 1 is 1.31 bits per heavy atom. The van der Waals surface area contributed by atoms with Crippen molar-refractivity contribution in [1.29, 1.82) is 0 Å². The summed E-state index contributed by atoms with van der Waals surface area (Å²) in [6.07, 6.45) is 0. The van der Waals surface area contributed by atoms with Gasteiger partial charge in [0.25, 0.3) is 0 Å². The highest BCUT2D eigenvalue weighted by atomic mass is 16.4. The van der Waals surface area contributed by atoms with Gasteiger partial charge >= 0.3 is 5.97 Å². The highest BCUT2D eigenvalue weighted by Crippen LogP contribution is 2.20. The molecule has 0 unspecified atom stereocenters. The topological polar surface area (TPSA) is 76.2 Å². The molecule has 0 aliphatic rings. The second-order valence-corrected chi connectivity index (χ2v) is 3.01. The van der Waals surface area contributed by atoms with E-state index in [2.05, 4.69) is 4.98 Å². The molecule has 70 valence electrons. The van der Waals surface area contributed by atoms with Crippen LogP contribution in [0, 0.1) is 20.8 Å². The molecule has 0 fully saturated rings. The molecule has 0 aliphatic heterocycles. The second-order valence-electron chi connectivity index (χ2n) is 3.01. The Balaban J connectivity index is 3.56. The summed E-state index contributed by atoms with van der Waals surface area (Å²) in [6.45, 7) is 5.15. The van der Waals surface area contributed by atoms with E-state index < -0.39 is 5.97 Å². The van der Waals surface area contributed by atoms with E-state index >= 15 is 0 Å². The number of aromatic carboxylic acids is 1. The monoisotopic (exact) mass is 180 g/mol. The Bertz CT molecular complexity index is 346. The number of aryl methyl sites for hydroxylation is 1. The van der Waals surface area contributed by atoms with Crippen LogP contribution in [-0.4, -0.2) is 16.1 Å². The van der Waals surface area contributed by atoms with Crippen LogP contribution in [0.25, 0.3) is 0 Å². The minimum Gasteiger partial charge on any atom is -0.478 e. The van der Waals surface area contributed by atoms with Gasteiger partial charge in [0, 0.05) is 11.3 Å². The first-order chi connectivity index (χ1) is 5.95. The number of aromatic nitrogens is 1. The molecule has 0 aromatic carbocycles. The van der Waals surface area contributed by atoms with E-state index in [0.29, 0.717) is 22.6 Å². The van der Waals surface area contributed by atoms with E-state index in [1.807, 2.05) is 0 Å². The van der Waals surface area contributed by atoms with E-state index in [0.717, 1.165) is 0 Å². The first kappa shape index (κ1) is 9.51. The van der Waals surface area contributed by atoms with Gasteiger partial charge in [-0.2, -0.15) is 0 Å². The summed E-state index contributed by atoms with van der Waals surface area (Å²) in [7, 11) is 0. The predicted molar refractivity (Wildman–Crippen MR) is 49.8 cm³/mol. The fourth-order valence-corrected chi connectivity index (χ4v) is 1.26. The molecule has 0 aliphatic carbocycles. The molecule has 3 N–H and O–H groups in total. The number of nitrogen functional groups attached to an aromatic ring is 1. The molecule has 0 radical (unpaired) electrons. The van der Waals surface area contributed by atoms with Crippen molar-refractivity contribution in [1.82, 2.24) is 4.98 Å². The lowest BCUT2D eigenvalue weighted by molar-refractivity contribution is 0.0695. The molecule has 0 amide bonds. The zero-order valence-corrected chi connectivity index (χ0v) is 7.88. The van der Waals surface area contributed by atoms with E-state index in [4.69, 9.17) is 10.8 Å². The van der Waals surface area contributed by atoms with Crippen LogP contribution in [0.3, 0.4) is 0 Å². The molecule has 0 saturated carbocycles. The van der Waals surface area contributed by atoms with Crippen LogP contribution in [0.15, 0.2) is 0 Å². The Morgan fingerprint density at radius 2 is 1.85 bits per heavy atom. The van der Waals surface area contributed by atoms with Crippen LogP contribution in [-0.2, 0) is 0 Å². The summed E-state index contributed by atoms with van der Waals surface area (Å²) in [5, 5.41) is 8.91. The number of rotatable bonds is 1. The Labute approximate surface area is 76.4 Å². The second kappa shape index (κ2) is 3.05. The molecule has 0 saturated heterocycles. The zero-order valence-electron chi connectivity index (χ0n) is 7.88. The fraction of sp³-hybridized carbons (Fsp3) is 0.333. The smallest absolute Gasteiger partial charge is 0.336 e. The molecule has 4 nitrogen and oxygen atoms in total. The van der Waals surface area contributed by atoms with Crippen molar-refractivity contribution < 1.29 is 9.90 Å². The van der Waals surface area contributed by atoms with E-state index in [1.165, 1.54) is 0 Å². The van der Waals surface area contributed by atoms with E-state index in [1.54, 1.807) is 20.8 Å². The van der Waals surface area contributed by atoms with E-state index in [9.17, 15) is 4.79 Å². The zero-order chi connectivity index (χ0) is 10.2. The van der Waals surface area contributed by atoms with Crippen molar-refractivity contribution in [3.8, 4) is 0 Å². The summed E-state index contributed by atoms with van der Waals surface area (Å²) in [5.74, 6) is -0.660. The lowest BCUT2D eigenvalue weighted by Gasteiger charge is -2.09. The number of pyridine rings is 1. The van der Waals surface area contributed by atoms with Crippen molar-refractivity contribution in [2.75, 3.05) is 5.73 Å². The van der Waals surface area contributed by atoms with Gasteiger partial charge in [0.1, 0.15) is 5.82 Å². The van der Waals surface area contributed by atoms with Gasteiger partial charge in [-0.15, -0.1) is 0 Å². The van der Waals surface area contributed by atoms with Crippen LogP contribution >= 0.6 is 0 Å². The van der Waals surface area contributed by atoms with Gasteiger partial charge in [-0.05, 0) is 26.3 Å². The molecule has 0 bridgehead atoms. The van der Waals surface area contributed by atoms with Crippen molar-refractivity contribution in [2.45, 2.75) is 20.8 Å². The lowest BCUT2D eigenvalue weighted by atomic mass is 10.0. The highest BCUT2D eigenvalue weighted by molar-refractivity contribution is 5.92. The molecular weight excluding hydrogens is 168 g/mol.